The van der Waals surface area contributed by atoms with E-state index in [2.05, 4.69) is 10.6 Å². The minimum atomic E-state index is -0.192. The first-order valence-corrected chi connectivity index (χ1v) is 12.2. The molecule has 4 N–H and O–H groups in total. The number of hydrogen-bond acceptors (Lipinski definition) is 3. The van der Waals surface area contributed by atoms with Crippen LogP contribution in [-0.4, -0.2) is 31.1 Å². The second-order valence-corrected chi connectivity index (χ2v) is 11.6. The highest BCUT2D eigenvalue weighted by molar-refractivity contribution is 6.33. The highest BCUT2D eigenvalue weighted by Gasteiger charge is 2.50. The van der Waals surface area contributed by atoms with E-state index < -0.39 is 0 Å². The molecule has 4 nitrogen and oxygen atoms in total. The zero-order valence-corrected chi connectivity index (χ0v) is 21.8. The van der Waals surface area contributed by atoms with Gasteiger partial charge in [0.1, 0.15) is 0 Å². The Kier molecular flexibility index (Phi) is 9.76. The molecule has 0 spiro atoms. The number of nitrogens with one attached hydrogen (secondary N) is 2. The Bertz CT molecular complexity index is 743. The Labute approximate surface area is 211 Å². The molecule has 7 heteroatoms. The van der Waals surface area contributed by atoms with Crippen LogP contribution in [0.15, 0.2) is 18.2 Å². The Morgan fingerprint density at radius 2 is 1.72 bits per heavy atom. The van der Waals surface area contributed by atoms with Crippen molar-refractivity contribution in [2.75, 3.05) is 19.6 Å². The van der Waals surface area contributed by atoms with Crippen LogP contribution in [0.3, 0.4) is 0 Å². The molecule has 0 radical (unpaired) electrons. The van der Waals surface area contributed by atoms with Crippen LogP contribution in [0.4, 0.5) is 0 Å². The summed E-state index contributed by atoms with van der Waals surface area (Å²) >= 11 is 6.39. The zero-order valence-electron chi connectivity index (χ0n) is 19.4. The number of rotatable bonds is 9. The maximum atomic E-state index is 13.0. The van der Waals surface area contributed by atoms with Gasteiger partial charge in [0.25, 0.3) is 5.91 Å². The first kappa shape index (κ1) is 27.7. The molecule has 0 atom stereocenters. The molecule has 5 rings (SSSR count). The molecule has 182 valence electrons. The Morgan fingerprint density at radius 3 is 2.28 bits per heavy atom. The molecule has 4 saturated carbocycles. The number of aryl methyl sites for hydroxylation is 1. The molecule has 0 saturated heterocycles. The second kappa shape index (κ2) is 11.3. The third kappa shape index (κ3) is 6.99. The summed E-state index contributed by atoms with van der Waals surface area (Å²) in [7, 11) is 0. The van der Waals surface area contributed by atoms with Gasteiger partial charge in [0, 0.05) is 18.6 Å². The lowest BCUT2D eigenvalue weighted by Gasteiger charge is -2.56. The number of carbonyl (C=O) groups is 1. The van der Waals surface area contributed by atoms with E-state index in [9.17, 15) is 4.79 Å². The Hall–Kier alpha value is -0.520. The van der Waals surface area contributed by atoms with Crippen LogP contribution in [0, 0.1) is 23.2 Å². The molecule has 4 aliphatic carbocycles. The van der Waals surface area contributed by atoms with Crippen LogP contribution in [0.5, 0.6) is 0 Å². The van der Waals surface area contributed by atoms with Gasteiger partial charge in [0.2, 0.25) is 0 Å². The summed E-state index contributed by atoms with van der Waals surface area (Å²) in [6.45, 7) is 6.57. The lowest BCUT2D eigenvalue weighted by molar-refractivity contribution is -0.0503. The second-order valence-electron chi connectivity index (χ2n) is 11.2. The molecule has 4 fully saturated rings. The first-order chi connectivity index (χ1) is 14.2. The average Bonchev–Trinajstić information content (AvgIpc) is 2.65. The van der Waals surface area contributed by atoms with Crippen LogP contribution in [-0.2, 0) is 6.42 Å². The summed E-state index contributed by atoms with van der Waals surface area (Å²) in [5.41, 5.74) is 7.93. The molecule has 4 bridgehead atoms. The highest BCUT2D eigenvalue weighted by atomic mass is 35.5. The van der Waals surface area contributed by atoms with Crippen molar-refractivity contribution in [3.05, 3.63) is 34.3 Å². The van der Waals surface area contributed by atoms with Crippen molar-refractivity contribution < 1.29 is 4.79 Å². The minimum Gasteiger partial charge on any atom is -0.351 e. The summed E-state index contributed by atoms with van der Waals surface area (Å²) in [6, 6.07) is 5.88. The van der Waals surface area contributed by atoms with Gasteiger partial charge in [-0.05, 0) is 113 Å². The SMILES string of the molecule is CC(C)(N)CNCCCc1ccc(Cl)c(C(=O)NCC23CC4CC(CC(C4)C2)C3)c1.Cl.Cl. The maximum Gasteiger partial charge on any atom is 0.252 e. The maximum absolute atomic E-state index is 13.0. The first-order valence-electron chi connectivity index (χ1n) is 11.8. The van der Waals surface area contributed by atoms with Crippen molar-refractivity contribution in [3.8, 4) is 0 Å². The fourth-order valence-electron chi connectivity index (χ4n) is 6.60. The van der Waals surface area contributed by atoms with Gasteiger partial charge in [0.05, 0.1) is 10.6 Å². The van der Waals surface area contributed by atoms with Crippen LogP contribution in [0.1, 0.15) is 74.7 Å². The largest absolute Gasteiger partial charge is 0.351 e. The minimum absolute atomic E-state index is 0. The van der Waals surface area contributed by atoms with Gasteiger partial charge < -0.3 is 16.4 Å². The third-order valence-electron chi connectivity index (χ3n) is 7.46. The van der Waals surface area contributed by atoms with Gasteiger partial charge in [-0.3, -0.25) is 4.79 Å². The van der Waals surface area contributed by atoms with Crippen LogP contribution >= 0.6 is 36.4 Å². The summed E-state index contributed by atoms with van der Waals surface area (Å²) in [5, 5.41) is 7.21. The van der Waals surface area contributed by atoms with E-state index in [0.717, 1.165) is 55.8 Å². The van der Waals surface area contributed by atoms with Crippen LogP contribution < -0.4 is 16.4 Å². The molecule has 1 aromatic carbocycles. The molecule has 4 aliphatic rings. The highest BCUT2D eigenvalue weighted by Crippen LogP contribution is 2.59. The van der Waals surface area contributed by atoms with Crippen molar-refractivity contribution in [2.24, 2.45) is 28.9 Å². The van der Waals surface area contributed by atoms with Gasteiger partial charge in [-0.2, -0.15) is 0 Å². The van der Waals surface area contributed by atoms with Gasteiger partial charge in [-0.25, -0.2) is 0 Å². The lowest BCUT2D eigenvalue weighted by atomic mass is 9.49. The van der Waals surface area contributed by atoms with E-state index in [1.165, 1.54) is 38.5 Å². The van der Waals surface area contributed by atoms with E-state index in [4.69, 9.17) is 17.3 Å². The van der Waals surface area contributed by atoms with E-state index in [1.807, 2.05) is 32.0 Å². The van der Waals surface area contributed by atoms with Crippen molar-refractivity contribution in [2.45, 2.75) is 70.8 Å². The van der Waals surface area contributed by atoms with Crippen molar-refractivity contribution in [3.63, 3.8) is 0 Å². The molecule has 32 heavy (non-hydrogen) atoms. The standard InChI is InChI=1S/C25H38ClN3O.2ClH/c1-24(2,27)15-28-7-3-4-17-5-6-22(26)21(11-17)23(30)29-16-25-12-18-8-19(13-25)10-20(9-18)14-25;;/h5-6,11,18-20,28H,3-4,7-10,12-16,27H2,1-2H3,(H,29,30);2*1H. The van der Waals surface area contributed by atoms with Crippen molar-refractivity contribution in [1.82, 2.24) is 10.6 Å². The molecular formula is C25H40Cl3N3O. The Balaban J connectivity index is 0.00000181. The molecule has 0 heterocycles. The summed E-state index contributed by atoms with van der Waals surface area (Å²) in [6.07, 6.45) is 10.1. The number of hydrogen-bond donors (Lipinski definition) is 3. The van der Waals surface area contributed by atoms with Gasteiger partial charge in [0.15, 0.2) is 0 Å². The van der Waals surface area contributed by atoms with Crippen LogP contribution in [0.25, 0.3) is 0 Å². The third-order valence-corrected chi connectivity index (χ3v) is 7.79. The molecular weight excluding hydrogens is 465 g/mol. The molecule has 1 aromatic rings. The fraction of sp³-hybridized carbons (Fsp3) is 0.720. The number of amides is 1. The van der Waals surface area contributed by atoms with E-state index in [-0.39, 0.29) is 36.3 Å². The number of carbonyl (C=O) groups excluding carboxylic acids is 1. The van der Waals surface area contributed by atoms with Crippen molar-refractivity contribution >= 4 is 42.3 Å². The van der Waals surface area contributed by atoms with Gasteiger partial charge in [-0.1, -0.05) is 17.7 Å². The van der Waals surface area contributed by atoms with E-state index in [1.54, 1.807) is 0 Å². The molecule has 0 unspecified atom stereocenters. The molecule has 1 amide bonds. The normalized spacial score (nSPS) is 28.1. The fourth-order valence-corrected chi connectivity index (χ4v) is 6.80. The van der Waals surface area contributed by atoms with Gasteiger partial charge in [-0.15, -0.1) is 24.8 Å². The lowest BCUT2D eigenvalue weighted by Crippen LogP contribution is -2.51. The summed E-state index contributed by atoms with van der Waals surface area (Å²) in [5.74, 6) is 2.69. The zero-order chi connectivity index (χ0) is 21.4. The van der Waals surface area contributed by atoms with E-state index >= 15 is 0 Å². The predicted octanol–water partition coefficient (Wildman–Crippen LogP) is 5.39. The Morgan fingerprint density at radius 1 is 1.12 bits per heavy atom. The summed E-state index contributed by atoms with van der Waals surface area (Å²) < 4.78 is 0. The smallest absolute Gasteiger partial charge is 0.252 e. The average molecular weight is 505 g/mol. The van der Waals surface area contributed by atoms with Gasteiger partial charge >= 0.3 is 0 Å². The molecule has 0 aliphatic heterocycles. The summed E-state index contributed by atoms with van der Waals surface area (Å²) in [4.78, 5) is 13.0. The van der Waals surface area contributed by atoms with E-state index in [0.29, 0.717) is 16.0 Å². The van der Waals surface area contributed by atoms with Crippen LogP contribution in [0.2, 0.25) is 5.02 Å². The van der Waals surface area contributed by atoms with Crippen molar-refractivity contribution in [1.29, 1.82) is 0 Å². The number of benzene rings is 1. The number of nitrogens with two attached hydrogens (primary N) is 1. The topological polar surface area (TPSA) is 67.1 Å². The monoisotopic (exact) mass is 503 g/mol. The number of halogens is 3. The molecule has 0 aromatic heterocycles. The predicted molar refractivity (Wildman–Crippen MR) is 138 cm³/mol. The quantitative estimate of drug-likeness (QED) is 0.395.